The van der Waals surface area contributed by atoms with E-state index in [0.29, 0.717) is 0 Å². The van der Waals surface area contributed by atoms with Gasteiger partial charge < -0.3 is 5.11 Å². The van der Waals surface area contributed by atoms with Crippen molar-refractivity contribution < 1.29 is 18.3 Å². The first-order valence-electron chi connectivity index (χ1n) is 5.72. The third-order valence-electron chi connectivity index (χ3n) is 3.04. The van der Waals surface area contributed by atoms with Crippen LogP contribution in [0.5, 0.6) is 0 Å². The summed E-state index contributed by atoms with van der Waals surface area (Å²) in [5.41, 5.74) is -0.226. The Morgan fingerprint density at radius 3 is 2.61 bits per heavy atom. The van der Waals surface area contributed by atoms with Gasteiger partial charge in [0.05, 0.1) is 5.69 Å². The summed E-state index contributed by atoms with van der Waals surface area (Å²) in [4.78, 5) is 10.7. The average molecular weight is 273 g/mol. The van der Waals surface area contributed by atoms with Crippen LogP contribution in [-0.4, -0.2) is 35.7 Å². The van der Waals surface area contributed by atoms with E-state index < -0.39 is 21.7 Å². The van der Waals surface area contributed by atoms with Crippen molar-refractivity contribution in [3.05, 3.63) is 11.4 Å². The topological polar surface area (TPSA) is 112 Å². The van der Waals surface area contributed by atoms with Crippen molar-refractivity contribution in [3.8, 4) is 0 Å². The normalized spacial score (nSPS) is 17.2. The van der Waals surface area contributed by atoms with Crippen molar-refractivity contribution in [1.82, 2.24) is 14.9 Å². The molecule has 0 radical (unpaired) electrons. The average Bonchev–Trinajstić information content (AvgIpc) is 2.86. The third-order valence-corrected chi connectivity index (χ3v) is 4.72. The van der Waals surface area contributed by atoms with E-state index in [2.05, 4.69) is 14.9 Å². The number of aryl methyl sites for hydroxylation is 1. The van der Waals surface area contributed by atoms with Crippen molar-refractivity contribution in [2.75, 3.05) is 0 Å². The quantitative estimate of drug-likeness (QED) is 0.745. The number of hydrogen-bond acceptors (Lipinski definition) is 4. The number of carboxylic acid groups (broad SMARTS) is 1. The maximum Gasteiger partial charge on any atom is 0.357 e. The first-order valence-corrected chi connectivity index (χ1v) is 7.20. The van der Waals surface area contributed by atoms with E-state index in [0.717, 1.165) is 25.7 Å². The van der Waals surface area contributed by atoms with Gasteiger partial charge in [-0.05, 0) is 19.8 Å². The van der Waals surface area contributed by atoms with Gasteiger partial charge in [0.15, 0.2) is 5.69 Å². The number of aromatic carboxylic acids is 1. The Morgan fingerprint density at radius 1 is 1.44 bits per heavy atom. The van der Waals surface area contributed by atoms with Crippen LogP contribution in [0.15, 0.2) is 4.90 Å². The second-order valence-corrected chi connectivity index (χ2v) is 6.08. The van der Waals surface area contributed by atoms with Gasteiger partial charge in [-0.15, -0.1) is 0 Å². The van der Waals surface area contributed by atoms with Crippen LogP contribution < -0.4 is 4.72 Å². The first-order chi connectivity index (χ1) is 8.42. The molecule has 1 aliphatic rings. The molecule has 0 aromatic carbocycles. The Kier molecular flexibility index (Phi) is 3.40. The Labute approximate surface area is 105 Å². The minimum absolute atomic E-state index is 0.106. The van der Waals surface area contributed by atoms with Gasteiger partial charge >= 0.3 is 5.97 Å². The molecule has 2 rings (SSSR count). The summed E-state index contributed by atoms with van der Waals surface area (Å²) >= 11 is 0. The number of nitrogens with one attached hydrogen (secondary N) is 2. The summed E-state index contributed by atoms with van der Waals surface area (Å²) in [7, 11) is -3.83. The van der Waals surface area contributed by atoms with Gasteiger partial charge in [-0.2, -0.15) is 5.10 Å². The van der Waals surface area contributed by atoms with Gasteiger partial charge in [0.1, 0.15) is 4.90 Å². The number of aromatic nitrogens is 2. The Morgan fingerprint density at radius 2 is 2.06 bits per heavy atom. The van der Waals surface area contributed by atoms with Gasteiger partial charge in [0, 0.05) is 6.04 Å². The Bertz CT molecular complexity index is 558. The van der Waals surface area contributed by atoms with E-state index in [9.17, 15) is 13.2 Å². The zero-order valence-corrected chi connectivity index (χ0v) is 10.7. The number of sulfonamides is 1. The molecular weight excluding hydrogens is 258 g/mol. The number of H-pyrrole nitrogens is 1. The number of rotatable bonds is 4. The van der Waals surface area contributed by atoms with E-state index in [-0.39, 0.29) is 16.6 Å². The van der Waals surface area contributed by atoms with E-state index in [1.54, 1.807) is 0 Å². The maximum absolute atomic E-state index is 12.2. The zero-order chi connectivity index (χ0) is 13.3. The lowest BCUT2D eigenvalue weighted by atomic mass is 10.3. The van der Waals surface area contributed by atoms with Crippen molar-refractivity contribution in [3.63, 3.8) is 0 Å². The molecule has 1 aromatic heterocycles. The second kappa shape index (κ2) is 4.69. The monoisotopic (exact) mass is 273 g/mol. The van der Waals surface area contributed by atoms with Crippen molar-refractivity contribution >= 4 is 16.0 Å². The number of carbonyl (C=O) groups is 1. The molecule has 0 amide bonds. The highest BCUT2D eigenvalue weighted by molar-refractivity contribution is 7.89. The predicted octanol–water partition coefficient (Wildman–Crippen LogP) is 0.637. The summed E-state index contributed by atoms with van der Waals surface area (Å²) in [5, 5.41) is 14.8. The van der Waals surface area contributed by atoms with Gasteiger partial charge in [0.25, 0.3) is 0 Å². The molecule has 0 spiro atoms. The standard InChI is InChI=1S/C10H15N3O4S/c1-6-9(8(10(14)15)12-11-6)18(16,17)13-7-4-2-3-5-7/h7,13H,2-5H2,1H3,(H,11,12)(H,14,15). The number of carboxylic acids is 1. The van der Waals surface area contributed by atoms with Crippen LogP contribution in [0.4, 0.5) is 0 Å². The van der Waals surface area contributed by atoms with E-state index >= 15 is 0 Å². The molecule has 0 aliphatic heterocycles. The lowest BCUT2D eigenvalue weighted by molar-refractivity contribution is 0.0686. The van der Waals surface area contributed by atoms with E-state index in [1.165, 1.54) is 6.92 Å². The van der Waals surface area contributed by atoms with Crippen LogP contribution in [0, 0.1) is 6.92 Å². The van der Waals surface area contributed by atoms with Crippen LogP contribution in [0.25, 0.3) is 0 Å². The smallest absolute Gasteiger partial charge is 0.357 e. The highest BCUT2D eigenvalue weighted by Gasteiger charge is 2.30. The molecule has 7 nitrogen and oxygen atoms in total. The SMILES string of the molecule is Cc1[nH]nc(C(=O)O)c1S(=O)(=O)NC1CCCC1. The first kappa shape index (κ1) is 13.0. The van der Waals surface area contributed by atoms with Crippen molar-refractivity contribution in [2.24, 2.45) is 0 Å². The molecule has 1 saturated carbocycles. The molecule has 0 unspecified atom stereocenters. The molecule has 18 heavy (non-hydrogen) atoms. The molecule has 0 saturated heterocycles. The van der Waals surface area contributed by atoms with E-state index in [1.807, 2.05) is 0 Å². The van der Waals surface area contributed by atoms with Gasteiger partial charge in [-0.3, -0.25) is 5.10 Å². The van der Waals surface area contributed by atoms with Crippen LogP contribution in [-0.2, 0) is 10.0 Å². The summed E-state index contributed by atoms with van der Waals surface area (Å²) in [5.74, 6) is -1.36. The molecule has 1 aromatic rings. The van der Waals surface area contributed by atoms with Crippen LogP contribution >= 0.6 is 0 Å². The molecule has 1 heterocycles. The van der Waals surface area contributed by atoms with Gasteiger partial charge in [0.2, 0.25) is 10.0 Å². The van der Waals surface area contributed by atoms with Crippen LogP contribution in [0.3, 0.4) is 0 Å². The molecule has 0 atom stereocenters. The fourth-order valence-electron chi connectivity index (χ4n) is 2.21. The largest absolute Gasteiger partial charge is 0.476 e. The molecule has 3 N–H and O–H groups in total. The highest BCUT2D eigenvalue weighted by atomic mass is 32.2. The van der Waals surface area contributed by atoms with Gasteiger partial charge in [-0.1, -0.05) is 12.8 Å². The second-order valence-electron chi connectivity index (χ2n) is 4.43. The summed E-state index contributed by atoms with van der Waals surface area (Å²) in [6, 6.07) is -0.106. The van der Waals surface area contributed by atoms with Crippen LogP contribution in [0.1, 0.15) is 41.9 Å². The molecule has 0 bridgehead atoms. The minimum Gasteiger partial charge on any atom is -0.476 e. The zero-order valence-electron chi connectivity index (χ0n) is 9.93. The van der Waals surface area contributed by atoms with Crippen LogP contribution in [0.2, 0.25) is 0 Å². The molecule has 1 aliphatic carbocycles. The number of aromatic amines is 1. The predicted molar refractivity (Wildman–Crippen MR) is 62.9 cm³/mol. The molecule has 8 heteroatoms. The summed E-state index contributed by atoms with van der Waals surface area (Å²) < 4.78 is 26.9. The molecule has 100 valence electrons. The lowest BCUT2D eigenvalue weighted by Crippen LogP contribution is -2.33. The lowest BCUT2D eigenvalue weighted by Gasteiger charge is -2.12. The molecule has 1 fully saturated rings. The third kappa shape index (κ3) is 2.39. The Hall–Kier alpha value is -1.41. The maximum atomic E-state index is 12.2. The van der Waals surface area contributed by atoms with Crippen molar-refractivity contribution in [1.29, 1.82) is 0 Å². The highest BCUT2D eigenvalue weighted by Crippen LogP contribution is 2.23. The minimum atomic E-state index is -3.83. The number of nitrogens with zero attached hydrogens (tertiary/aromatic N) is 1. The fourth-order valence-corrected chi connectivity index (χ4v) is 3.84. The number of hydrogen-bond donors (Lipinski definition) is 3. The summed E-state index contributed by atoms with van der Waals surface area (Å²) in [6.45, 7) is 1.49. The van der Waals surface area contributed by atoms with Crippen molar-refractivity contribution in [2.45, 2.75) is 43.5 Å². The molecular formula is C10H15N3O4S. The fraction of sp³-hybridized carbons (Fsp3) is 0.600. The van der Waals surface area contributed by atoms with Gasteiger partial charge in [-0.25, -0.2) is 17.9 Å². The Balaban J connectivity index is 2.34. The van der Waals surface area contributed by atoms with E-state index in [4.69, 9.17) is 5.11 Å². The summed E-state index contributed by atoms with van der Waals surface area (Å²) in [6.07, 6.45) is 3.56.